The Labute approximate surface area is 155 Å². The van der Waals surface area contributed by atoms with Crippen molar-refractivity contribution in [2.75, 3.05) is 12.4 Å². The first-order chi connectivity index (χ1) is 13.0. The summed E-state index contributed by atoms with van der Waals surface area (Å²) in [6, 6.07) is 8.34. The van der Waals surface area contributed by atoms with Gasteiger partial charge in [0.2, 0.25) is 0 Å². The van der Waals surface area contributed by atoms with Crippen LogP contribution in [-0.2, 0) is 0 Å². The van der Waals surface area contributed by atoms with Crippen LogP contribution in [0.1, 0.15) is 11.3 Å². The van der Waals surface area contributed by atoms with Gasteiger partial charge in [-0.15, -0.1) is 0 Å². The number of rotatable bonds is 6. The number of hydrogen-bond donors (Lipinski definition) is 1. The van der Waals surface area contributed by atoms with E-state index in [1.54, 1.807) is 30.6 Å². The van der Waals surface area contributed by atoms with E-state index >= 15 is 0 Å². The van der Waals surface area contributed by atoms with Gasteiger partial charge in [0.05, 0.1) is 7.11 Å². The van der Waals surface area contributed by atoms with Crippen LogP contribution in [0.3, 0.4) is 0 Å². The molecule has 0 aliphatic rings. The molecule has 2 aromatic heterocycles. The van der Waals surface area contributed by atoms with Gasteiger partial charge < -0.3 is 14.8 Å². The molecular weight excluding hydrogens is 354 g/mol. The molecule has 0 atom stereocenters. The summed E-state index contributed by atoms with van der Waals surface area (Å²) in [6.07, 6.45) is 3.35. The van der Waals surface area contributed by atoms with Gasteiger partial charge in [0.1, 0.15) is 5.82 Å². The van der Waals surface area contributed by atoms with Crippen LogP contribution in [0.25, 0.3) is 11.4 Å². The predicted molar refractivity (Wildman–Crippen MR) is 97.6 cm³/mol. The minimum atomic E-state index is -2.95. The molecule has 0 saturated heterocycles. The molecule has 1 N–H and O–H groups in total. The summed E-state index contributed by atoms with van der Waals surface area (Å²) in [6.45, 7) is 0.806. The highest BCUT2D eigenvalue weighted by Crippen LogP contribution is 2.33. The van der Waals surface area contributed by atoms with Crippen molar-refractivity contribution in [2.45, 2.75) is 20.5 Å². The van der Waals surface area contributed by atoms with Crippen molar-refractivity contribution < 1.29 is 18.3 Å². The molecular formula is C19H18F2N4O2. The van der Waals surface area contributed by atoms with Crippen LogP contribution in [0, 0.1) is 13.8 Å². The highest BCUT2D eigenvalue weighted by molar-refractivity contribution is 5.66. The molecule has 8 heteroatoms. The van der Waals surface area contributed by atoms with Gasteiger partial charge in [-0.3, -0.25) is 4.98 Å². The second-order valence-electron chi connectivity index (χ2n) is 5.72. The summed E-state index contributed by atoms with van der Waals surface area (Å²) >= 11 is 0. The number of nitrogens with one attached hydrogen (secondary N) is 1. The van der Waals surface area contributed by atoms with Crippen molar-refractivity contribution in [3.8, 4) is 22.9 Å². The number of methoxy groups -OCH3 is 1. The quantitative estimate of drug-likeness (QED) is 0.687. The maximum atomic E-state index is 12.6. The fourth-order valence-corrected chi connectivity index (χ4v) is 2.45. The topological polar surface area (TPSA) is 69.2 Å². The maximum Gasteiger partial charge on any atom is 0.387 e. The smallest absolute Gasteiger partial charge is 0.387 e. The third-order valence-corrected chi connectivity index (χ3v) is 3.95. The third kappa shape index (κ3) is 4.28. The Bertz CT molecular complexity index is 936. The van der Waals surface area contributed by atoms with Crippen molar-refractivity contribution in [3.05, 3.63) is 54.0 Å². The van der Waals surface area contributed by atoms with E-state index in [2.05, 4.69) is 25.0 Å². The molecule has 0 aliphatic heterocycles. The van der Waals surface area contributed by atoms with Gasteiger partial charge in [-0.05, 0) is 38.1 Å². The predicted octanol–water partition coefficient (Wildman–Crippen LogP) is 4.51. The third-order valence-electron chi connectivity index (χ3n) is 3.95. The van der Waals surface area contributed by atoms with E-state index in [-0.39, 0.29) is 11.5 Å². The molecule has 3 rings (SSSR count). The van der Waals surface area contributed by atoms with Crippen LogP contribution in [-0.4, -0.2) is 28.7 Å². The molecule has 0 amide bonds. The zero-order valence-corrected chi connectivity index (χ0v) is 15.0. The van der Waals surface area contributed by atoms with Crippen molar-refractivity contribution in [2.24, 2.45) is 0 Å². The molecule has 0 fully saturated rings. The van der Waals surface area contributed by atoms with E-state index in [0.717, 1.165) is 16.8 Å². The highest BCUT2D eigenvalue weighted by Gasteiger charge is 2.14. The average Bonchev–Trinajstić information content (AvgIpc) is 2.66. The van der Waals surface area contributed by atoms with E-state index in [1.807, 2.05) is 19.9 Å². The summed E-state index contributed by atoms with van der Waals surface area (Å²) in [4.78, 5) is 13.1. The first kappa shape index (κ1) is 18.5. The lowest BCUT2D eigenvalue weighted by Gasteiger charge is -2.15. The standard InChI is InChI=1S/C19H18F2N4O2/c1-11-12(2)23-18(13-5-4-8-22-10-13)25-17(11)24-14-6-7-15(26-3)16(9-14)27-19(20)21/h4-10,19H,1-3H3,(H,23,24,25). The van der Waals surface area contributed by atoms with Crippen molar-refractivity contribution in [1.29, 1.82) is 0 Å². The van der Waals surface area contributed by atoms with Gasteiger partial charge in [0.15, 0.2) is 17.3 Å². The number of hydrogen-bond acceptors (Lipinski definition) is 6. The average molecular weight is 372 g/mol. The molecule has 3 aromatic rings. The Morgan fingerprint density at radius 2 is 1.89 bits per heavy atom. The van der Waals surface area contributed by atoms with Gasteiger partial charge in [0.25, 0.3) is 0 Å². The molecule has 0 unspecified atom stereocenters. The first-order valence-corrected chi connectivity index (χ1v) is 8.13. The number of nitrogens with zero attached hydrogens (tertiary/aromatic N) is 3. The number of aromatic nitrogens is 3. The second kappa shape index (κ2) is 7.94. The molecule has 0 aliphatic carbocycles. The lowest BCUT2D eigenvalue weighted by Crippen LogP contribution is -2.05. The van der Waals surface area contributed by atoms with Gasteiger partial charge >= 0.3 is 6.61 Å². The van der Waals surface area contributed by atoms with Gasteiger partial charge in [-0.2, -0.15) is 8.78 Å². The zero-order valence-electron chi connectivity index (χ0n) is 15.0. The van der Waals surface area contributed by atoms with Crippen LogP contribution in [0.5, 0.6) is 11.5 Å². The van der Waals surface area contributed by atoms with Gasteiger partial charge in [-0.1, -0.05) is 0 Å². The molecule has 0 bridgehead atoms. The molecule has 0 radical (unpaired) electrons. The molecule has 0 spiro atoms. The summed E-state index contributed by atoms with van der Waals surface area (Å²) < 4.78 is 34.8. The Balaban J connectivity index is 1.97. The summed E-state index contributed by atoms with van der Waals surface area (Å²) in [5, 5.41) is 3.14. The van der Waals surface area contributed by atoms with Crippen molar-refractivity contribution >= 4 is 11.5 Å². The lowest BCUT2D eigenvalue weighted by atomic mass is 10.2. The van der Waals surface area contributed by atoms with E-state index in [4.69, 9.17) is 4.74 Å². The minimum Gasteiger partial charge on any atom is -0.493 e. The van der Waals surface area contributed by atoms with Crippen molar-refractivity contribution in [3.63, 3.8) is 0 Å². The normalized spacial score (nSPS) is 10.7. The SMILES string of the molecule is COc1ccc(Nc2nc(-c3cccnc3)nc(C)c2C)cc1OC(F)F. The van der Waals surface area contributed by atoms with Gasteiger partial charge in [-0.25, -0.2) is 9.97 Å². The van der Waals surface area contributed by atoms with E-state index in [1.165, 1.54) is 13.2 Å². The number of anilines is 2. The lowest BCUT2D eigenvalue weighted by molar-refractivity contribution is -0.0511. The number of aryl methyl sites for hydroxylation is 1. The van der Waals surface area contributed by atoms with Crippen LogP contribution in [0.15, 0.2) is 42.7 Å². The second-order valence-corrected chi connectivity index (χ2v) is 5.72. The number of pyridine rings is 1. The molecule has 6 nitrogen and oxygen atoms in total. The minimum absolute atomic E-state index is 0.0617. The molecule has 2 heterocycles. The Kier molecular flexibility index (Phi) is 5.44. The maximum absolute atomic E-state index is 12.6. The summed E-state index contributed by atoms with van der Waals surface area (Å²) in [7, 11) is 1.39. The van der Waals surface area contributed by atoms with E-state index < -0.39 is 6.61 Å². The van der Waals surface area contributed by atoms with Crippen molar-refractivity contribution in [1.82, 2.24) is 15.0 Å². The molecule has 140 valence electrons. The summed E-state index contributed by atoms with van der Waals surface area (Å²) in [5.41, 5.74) is 2.95. The van der Waals surface area contributed by atoms with Crippen LogP contribution in [0.4, 0.5) is 20.3 Å². The van der Waals surface area contributed by atoms with E-state index in [9.17, 15) is 8.78 Å². The van der Waals surface area contributed by atoms with Gasteiger partial charge in [0, 0.05) is 41.0 Å². The number of benzene rings is 1. The zero-order chi connectivity index (χ0) is 19.4. The van der Waals surface area contributed by atoms with Crippen LogP contribution < -0.4 is 14.8 Å². The number of halogens is 2. The fourth-order valence-electron chi connectivity index (χ4n) is 2.45. The summed E-state index contributed by atoms with van der Waals surface area (Å²) in [5.74, 6) is 1.24. The largest absolute Gasteiger partial charge is 0.493 e. The molecule has 0 saturated carbocycles. The van der Waals surface area contributed by atoms with Crippen LogP contribution in [0.2, 0.25) is 0 Å². The fraction of sp³-hybridized carbons (Fsp3) is 0.211. The highest BCUT2D eigenvalue weighted by atomic mass is 19.3. The first-order valence-electron chi connectivity index (χ1n) is 8.13. The monoisotopic (exact) mass is 372 g/mol. The molecule has 27 heavy (non-hydrogen) atoms. The van der Waals surface area contributed by atoms with E-state index in [0.29, 0.717) is 17.3 Å². The van der Waals surface area contributed by atoms with Crippen LogP contribution >= 0.6 is 0 Å². The Morgan fingerprint density at radius 1 is 1.07 bits per heavy atom. The Morgan fingerprint density at radius 3 is 2.56 bits per heavy atom. The number of alkyl halides is 2. The Hall–Kier alpha value is -3.29. The number of ether oxygens (including phenoxy) is 2. The molecule has 1 aromatic carbocycles.